The predicted octanol–water partition coefficient (Wildman–Crippen LogP) is 5.41. The molecule has 39 heavy (non-hydrogen) atoms. The predicted molar refractivity (Wildman–Crippen MR) is 156 cm³/mol. The fourth-order valence-electron chi connectivity index (χ4n) is 4.78. The van der Waals surface area contributed by atoms with Gasteiger partial charge in [-0.05, 0) is 62.1 Å². The molecule has 0 saturated heterocycles. The van der Waals surface area contributed by atoms with Gasteiger partial charge >= 0.3 is 0 Å². The van der Waals surface area contributed by atoms with Gasteiger partial charge in [-0.1, -0.05) is 54.6 Å². The van der Waals surface area contributed by atoms with Gasteiger partial charge < -0.3 is 15.0 Å². The minimum absolute atomic E-state index is 0.0281. The third kappa shape index (κ3) is 9.01. The molecule has 1 N–H and O–H groups in total. The summed E-state index contributed by atoms with van der Waals surface area (Å²) in [6.45, 7) is 1.97. The lowest BCUT2D eigenvalue weighted by molar-refractivity contribution is -0.141. The summed E-state index contributed by atoms with van der Waals surface area (Å²) in [4.78, 5) is 28.3. The van der Waals surface area contributed by atoms with Crippen LogP contribution in [-0.4, -0.2) is 57.1 Å². The minimum atomic E-state index is -3.69. The Bertz CT molecular complexity index is 1250. The molecule has 0 spiro atoms. The van der Waals surface area contributed by atoms with Gasteiger partial charge in [0.15, 0.2) is 0 Å². The number of amides is 2. The van der Waals surface area contributed by atoms with E-state index in [9.17, 15) is 18.0 Å². The van der Waals surface area contributed by atoms with Gasteiger partial charge in [-0.25, -0.2) is 8.42 Å². The highest BCUT2D eigenvalue weighted by atomic mass is 35.5. The van der Waals surface area contributed by atoms with Gasteiger partial charge in [0.1, 0.15) is 11.8 Å². The van der Waals surface area contributed by atoms with E-state index in [1.165, 1.54) is 18.6 Å². The van der Waals surface area contributed by atoms with Crippen LogP contribution in [0.3, 0.4) is 0 Å². The number of ether oxygens (including phenoxy) is 1. The molecule has 1 saturated carbocycles. The Morgan fingerprint density at radius 3 is 2.49 bits per heavy atom. The van der Waals surface area contributed by atoms with Crippen molar-refractivity contribution in [1.82, 2.24) is 10.2 Å². The van der Waals surface area contributed by atoms with E-state index in [1.807, 2.05) is 24.3 Å². The molecule has 0 radical (unpaired) electrons. The summed E-state index contributed by atoms with van der Waals surface area (Å²) in [5, 5.41) is 3.71. The van der Waals surface area contributed by atoms with Crippen LogP contribution in [0.2, 0.25) is 10.0 Å². The number of carbonyl (C=O) groups excluding carboxylic acids is 2. The molecule has 1 aliphatic carbocycles. The van der Waals surface area contributed by atoms with Crippen molar-refractivity contribution in [2.24, 2.45) is 0 Å². The van der Waals surface area contributed by atoms with Crippen LogP contribution in [0.15, 0.2) is 42.5 Å². The summed E-state index contributed by atoms with van der Waals surface area (Å²) in [6, 6.07) is 11.4. The first-order chi connectivity index (χ1) is 18.5. The number of nitrogens with zero attached hydrogens (tertiary/aromatic N) is 2. The topological polar surface area (TPSA) is 96.0 Å². The van der Waals surface area contributed by atoms with Crippen molar-refractivity contribution in [2.45, 2.75) is 70.5 Å². The Kier molecular flexibility index (Phi) is 11.3. The van der Waals surface area contributed by atoms with Crippen molar-refractivity contribution in [3.63, 3.8) is 0 Å². The molecule has 0 aromatic heterocycles. The summed E-state index contributed by atoms with van der Waals surface area (Å²) in [5.74, 6) is 0.206. The average Bonchev–Trinajstić information content (AvgIpc) is 2.90. The molecule has 2 aromatic rings. The second-order valence-corrected chi connectivity index (χ2v) is 12.7. The quantitative estimate of drug-likeness (QED) is 0.352. The average molecular weight is 599 g/mol. The molecule has 2 amide bonds. The highest BCUT2D eigenvalue weighted by Gasteiger charge is 2.29. The number of rotatable bonds is 12. The van der Waals surface area contributed by atoms with Gasteiger partial charge in [-0.15, -0.1) is 0 Å². The second kappa shape index (κ2) is 14.2. The van der Waals surface area contributed by atoms with Crippen LogP contribution in [0.1, 0.15) is 57.4 Å². The molecule has 0 unspecified atom stereocenters. The minimum Gasteiger partial charge on any atom is -0.497 e. The lowest BCUT2D eigenvalue weighted by Gasteiger charge is -2.31. The zero-order valence-corrected chi connectivity index (χ0v) is 25.0. The third-order valence-electron chi connectivity index (χ3n) is 6.93. The van der Waals surface area contributed by atoms with E-state index in [1.54, 1.807) is 25.0 Å². The first kappa shape index (κ1) is 31.0. The molecule has 0 bridgehead atoms. The van der Waals surface area contributed by atoms with Crippen molar-refractivity contribution >= 4 is 50.7 Å². The molecule has 3 rings (SSSR count). The largest absolute Gasteiger partial charge is 0.497 e. The maximum Gasteiger partial charge on any atom is 0.242 e. The molecule has 214 valence electrons. The second-order valence-electron chi connectivity index (χ2n) is 9.93. The number of hydrogen-bond acceptors (Lipinski definition) is 5. The van der Waals surface area contributed by atoms with Crippen molar-refractivity contribution < 1.29 is 22.7 Å². The SMILES string of the molecule is COc1cccc(CN(C(=O)CCCN(c2cc(Cl)ccc2Cl)S(C)(=O)=O)[C@@H](C)C(=O)NC2CCCCC2)c1. The molecule has 0 heterocycles. The zero-order valence-electron chi connectivity index (χ0n) is 22.7. The Balaban J connectivity index is 1.75. The van der Waals surface area contributed by atoms with Crippen LogP contribution in [-0.2, 0) is 26.2 Å². The van der Waals surface area contributed by atoms with Crippen molar-refractivity contribution in [3.8, 4) is 5.75 Å². The van der Waals surface area contributed by atoms with Crippen LogP contribution in [0.25, 0.3) is 0 Å². The van der Waals surface area contributed by atoms with E-state index in [-0.39, 0.29) is 54.5 Å². The third-order valence-corrected chi connectivity index (χ3v) is 8.67. The Morgan fingerprint density at radius 2 is 1.82 bits per heavy atom. The van der Waals surface area contributed by atoms with Crippen LogP contribution in [0.4, 0.5) is 5.69 Å². The summed E-state index contributed by atoms with van der Waals surface area (Å²) >= 11 is 12.3. The summed E-state index contributed by atoms with van der Waals surface area (Å²) in [5.41, 5.74) is 1.08. The first-order valence-corrected chi connectivity index (χ1v) is 15.8. The van der Waals surface area contributed by atoms with E-state index in [0.29, 0.717) is 10.8 Å². The van der Waals surface area contributed by atoms with Gasteiger partial charge in [0.05, 0.1) is 24.1 Å². The number of halogens is 2. The van der Waals surface area contributed by atoms with Crippen molar-refractivity contribution in [2.75, 3.05) is 24.2 Å². The Hall–Kier alpha value is -2.49. The highest BCUT2D eigenvalue weighted by Crippen LogP contribution is 2.31. The summed E-state index contributed by atoms with van der Waals surface area (Å²) < 4.78 is 31.6. The standard InChI is InChI=1S/C28H37Cl2N3O5S/c1-20(28(35)31-23-10-5-4-6-11-23)32(19-21-9-7-12-24(17-21)38-2)27(34)13-8-16-33(39(3,36)37)26-18-22(29)14-15-25(26)30/h7,9,12,14-15,17-18,20,23H,4-6,8,10-11,13,16,19H2,1-3H3,(H,31,35)/t20-/m0/s1. The smallest absolute Gasteiger partial charge is 0.242 e. The van der Waals surface area contributed by atoms with E-state index in [0.717, 1.165) is 41.8 Å². The first-order valence-electron chi connectivity index (χ1n) is 13.1. The monoisotopic (exact) mass is 597 g/mol. The van der Waals surface area contributed by atoms with Gasteiger partial charge in [-0.3, -0.25) is 13.9 Å². The number of hydrogen-bond donors (Lipinski definition) is 1. The van der Waals surface area contributed by atoms with Gasteiger partial charge in [0.25, 0.3) is 0 Å². The molecule has 1 fully saturated rings. The van der Waals surface area contributed by atoms with Gasteiger partial charge in [-0.2, -0.15) is 0 Å². The maximum atomic E-state index is 13.5. The summed E-state index contributed by atoms with van der Waals surface area (Å²) in [7, 11) is -2.12. The summed E-state index contributed by atoms with van der Waals surface area (Å²) in [6.07, 6.45) is 6.56. The lowest BCUT2D eigenvalue weighted by Crippen LogP contribution is -2.50. The van der Waals surface area contributed by atoms with Crippen molar-refractivity contribution in [1.29, 1.82) is 0 Å². The molecular weight excluding hydrogens is 561 g/mol. The van der Waals surface area contributed by atoms with Crippen LogP contribution < -0.4 is 14.4 Å². The lowest BCUT2D eigenvalue weighted by atomic mass is 9.95. The Labute approximate surface area is 241 Å². The van der Waals surface area contributed by atoms with Crippen LogP contribution in [0, 0.1) is 0 Å². The number of anilines is 1. The number of carbonyl (C=O) groups is 2. The number of nitrogens with one attached hydrogen (secondary N) is 1. The van der Waals surface area contributed by atoms with Crippen molar-refractivity contribution in [3.05, 3.63) is 58.1 Å². The molecular formula is C28H37Cl2N3O5S. The molecule has 8 nitrogen and oxygen atoms in total. The van der Waals surface area contributed by atoms with Crippen LogP contribution in [0.5, 0.6) is 5.75 Å². The number of benzene rings is 2. The van der Waals surface area contributed by atoms with Gasteiger partial charge in [0.2, 0.25) is 21.8 Å². The molecule has 1 aliphatic rings. The number of sulfonamides is 1. The van der Waals surface area contributed by atoms with Crippen LogP contribution >= 0.6 is 23.2 Å². The van der Waals surface area contributed by atoms with E-state index >= 15 is 0 Å². The molecule has 1 atom stereocenters. The fraction of sp³-hybridized carbons (Fsp3) is 0.500. The molecule has 0 aliphatic heterocycles. The molecule has 2 aromatic carbocycles. The maximum absolute atomic E-state index is 13.5. The van der Waals surface area contributed by atoms with Gasteiger partial charge in [0, 0.05) is 30.6 Å². The normalized spacial score (nSPS) is 14.9. The highest BCUT2D eigenvalue weighted by molar-refractivity contribution is 7.92. The van der Waals surface area contributed by atoms with E-state index in [2.05, 4.69) is 5.32 Å². The van der Waals surface area contributed by atoms with E-state index in [4.69, 9.17) is 27.9 Å². The number of methoxy groups -OCH3 is 1. The zero-order chi connectivity index (χ0) is 28.6. The fourth-order valence-corrected chi connectivity index (χ4v) is 6.18. The Morgan fingerprint density at radius 1 is 1.10 bits per heavy atom. The molecule has 11 heteroatoms. The van der Waals surface area contributed by atoms with E-state index < -0.39 is 16.1 Å².